The molecular weight excluding hydrogens is 715 g/mol. The maximum Gasteiger partial charge on any atom is 0.159 e. The van der Waals surface area contributed by atoms with E-state index in [0.29, 0.717) is 0 Å². The molecule has 0 radical (unpaired) electrons. The van der Waals surface area contributed by atoms with Gasteiger partial charge in [0.25, 0.3) is 0 Å². The zero-order chi connectivity index (χ0) is 37.5. The molecule has 0 spiro atoms. The van der Waals surface area contributed by atoms with Gasteiger partial charge in [-0.2, -0.15) is 0 Å². The van der Waals surface area contributed by atoms with Gasteiger partial charge in [0.1, 0.15) is 12.0 Å². The number of para-hydroxylation sites is 3. The van der Waals surface area contributed by atoms with Crippen molar-refractivity contribution in [3.63, 3.8) is 0 Å². The molecule has 2 unspecified atom stereocenters. The van der Waals surface area contributed by atoms with Crippen molar-refractivity contribution < 1.29 is 0 Å². The number of aromatic nitrogens is 2. The first-order valence-corrected chi connectivity index (χ1v) is 20.4. The Bertz CT molecular complexity index is 3420. The Morgan fingerprint density at radius 2 is 1.14 bits per heavy atom. The van der Waals surface area contributed by atoms with Crippen molar-refractivity contribution in [3.8, 4) is 11.4 Å². The van der Waals surface area contributed by atoms with Crippen LogP contribution in [-0.2, 0) is 0 Å². The molecule has 7 aromatic carbocycles. The molecule has 1 N–H and O–H groups in total. The lowest BCUT2D eigenvalue weighted by Crippen LogP contribution is -2.44. The highest BCUT2D eigenvalue weighted by Crippen LogP contribution is 2.41. The van der Waals surface area contributed by atoms with Gasteiger partial charge >= 0.3 is 0 Å². The molecule has 2 atom stereocenters. The molecule has 0 saturated carbocycles. The summed E-state index contributed by atoms with van der Waals surface area (Å²) >= 11 is 1.87. The Morgan fingerprint density at radius 3 is 1.88 bits per heavy atom. The molecule has 57 heavy (non-hydrogen) atoms. The second-order valence-electron chi connectivity index (χ2n) is 15.0. The van der Waals surface area contributed by atoms with Gasteiger partial charge in [0.2, 0.25) is 0 Å². The minimum absolute atomic E-state index is 0.170. The fourth-order valence-corrected chi connectivity index (χ4v) is 10.3. The van der Waals surface area contributed by atoms with Gasteiger partial charge in [0, 0.05) is 59.2 Å². The third-order valence-electron chi connectivity index (χ3n) is 11.7. The SMILES string of the molecule is C1=c2sc3ccccc3c2=CCC1C1N=C(c2cccc(-n3c4ccccc4c4ccc5c6ccccc6n(-c6ccccc6)c5c43)c2)N=C(c2ccccc2)N1. The summed E-state index contributed by atoms with van der Waals surface area (Å²) in [6.07, 6.45) is 5.55. The van der Waals surface area contributed by atoms with Gasteiger partial charge in [-0.1, -0.05) is 140 Å². The van der Waals surface area contributed by atoms with Crippen LogP contribution >= 0.6 is 11.3 Å². The lowest BCUT2D eigenvalue weighted by Gasteiger charge is -2.28. The maximum absolute atomic E-state index is 5.42. The van der Waals surface area contributed by atoms with Crippen LogP contribution in [0.15, 0.2) is 180 Å². The number of nitrogens with one attached hydrogen (secondary N) is 1. The Kier molecular flexibility index (Phi) is 7.22. The smallest absolute Gasteiger partial charge is 0.159 e. The molecule has 3 aromatic heterocycles. The highest BCUT2D eigenvalue weighted by Gasteiger charge is 2.27. The van der Waals surface area contributed by atoms with Gasteiger partial charge in [-0.15, -0.1) is 11.3 Å². The number of fused-ring (bicyclic) bond motifs is 10. The highest BCUT2D eigenvalue weighted by molar-refractivity contribution is 7.17. The van der Waals surface area contributed by atoms with E-state index in [1.54, 1.807) is 0 Å². The number of amidine groups is 2. The Morgan fingerprint density at radius 1 is 0.544 bits per heavy atom. The summed E-state index contributed by atoms with van der Waals surface area (Å²) in [5.74, 6) is 1.75. The molecule has 0 amide bonds. The average molecular weight is 750 g/mol. The molecule has 270 valence electrons. The van der Waals surface area contributed by atoms with Crippen LogP contribution in [0.5, 0.6) is 0 Å². The van der Waals surface area contributed by atoms with E-state index in [0.717, 1.165) is 46.1 Å². The van der Waals surface area contributed by atoms with Crippen LogP contribution < -0.4 is 15.1 Å². The van der Waals surface area contributed by atoms with Crippen LogP contribution in [0.1, 0.15) is 17.5 Å². The minimum Gasteiger partial charge on any atom is -0.347 e. The zero-order valence-corrected chi connectivity index (χ0v) is 31.7. The number of thiophene rings is 1. The van der Waals surface area contributed by atoms with Gasteiger partial charge in [0.15, 0.2) is 5.84 Å². The van der Waals surface area contributed by atoms with Crippen molar-refractivity contribution in [3.05, 3.63) is 191 Å². The van der Waals surface area contributed by atoms with E-state index < -0.39 is 0 Å². The molecule has 0 bridgehead atoms. The number of nitrogens with zero attached hydrogens (tertiary/aromatic N) is 4. The summed E-state index contributed by atoms with van der Waals surface area (Å²) in [7, 11) is 0. The van der Waals surface area contributed by atoms with Crippen molar-refractivity contribution in [1.29, 1.82) is 0 Å². The number of benzene rings is 7. The van der Waals surface area contributed by atoms with E-state index in [4.69, 9.17) is 9.98 Å². The Balaban J connectivity index is 1.07. The van der Waals surface area contributed by atoms with Crippen molar-refractivity contribution >= 4 is 88.9 Å². The van der Waals surface area contributed by atoms with Gasteiger partial charge in [0.05, 0.1) is 22.1 Å². The summed E-state index contributed by atoms with van der Waals surface area (Å²) in [5, 5.41) is 11.3. The first-order valence-electron chi connectivity index (χ1n) is 19.6. The first kappa shape index (κ1) is 32.2. The Hall–Kier alpha value is -7.02. The largest absolute Gasteiger partial charge is 0.347 e. The summed E-state index contributed by atoms with van der Waals surface area (Å²) < 4.78 is 7.53. The molecule has 0 saturated heterocycles. The summed E-state index contributed by atoms with van der Waals surface area (Å²) in [6.45, 7) is 0. The van der Waals surface area contributed by atoms with Gasteiger partial charge in [-0.05, 0) is 59.5 Å². The normalized spacial score (nSPS) is 16.6. The monoisotopic (exact) mass is 749 g/mol. The van der Waals surface area contributed by atoms with Gasteiger partial charge in [-0.3, -0.25) is 0 Å². The fraction of sp³-hybridized carbons (Fsp3) is 0.0588. The summed E-state index contributed by atoms with van der Waals surface area (Å²) in [6, 6.07) is 60.8. The van der Waals surface area contributed by atoms with Gasteiger partial charge in [-0.25, -0.2) is 9.98 Å². The molecule has 5 nitrogen and oxygen atoms in total. The molecule has 2 aliphatic rings. The van der Waals surface area contributed by atoms with E-state index >= 15 is 0 Å². The van der Waals surface area contributed by atoms with E-state index in [2.05, 4.69) is 196 Å². The molecule has 1 aliphatic carbocycles. The molecule has 4 heterocycles. The second kappa shape index (κ2) is 12.8. The molecular formula is C51H35N5S. The summed E-state index contributed by atoms with van der Waals surface area (Å²) in [4.78, 5) is 10.7. The summed E-state index contributed by atoms with van der Waals surface area (Å²) in [5.41, 5.74) is 8.95. The molecule has 10 aromatic rings. The standard InChI is InChI=1S/C51H35N5S/c1-3-14-32(15-4-1)49-52-50(54-51(53-49)34-26-27-40-39-22-9-12-25-45(39)57-46(40)31-34)33-16-13-19-36(30-33)56-44-24-11-8-21-38(44)42-29-28-41-37-20-7-10-23-43(37)55(47(41)48(42)56)35-17-5-2-6-18-35/h1-25,27-31,34,51H,26H2,(H,52,53,54). The minimum atomic E-state index is -0.180. The third-order valence-corrected chi connectivity index (χ3v) is 12.8. The van der Waals surface area contributed by atoms with Crippen LogP contribution in [0, 0.1) is 5.92 Å². The molecule has 1 aliphatic heterocycles. The van der Waals surface area contributed by atoms with Crippen LogP contribution in [0.3, 0.4) is 0 Å². The van der Waals surface area contributed by atoms with Gasteiger partial charge < -0.3 is 14.5 Å². The first-order chi connectivity index (χ1) is 28.3. The average Bonchev–Trinajstić information content (AvgIpc) is 3.94. The topological polar surface area (TPSA) is 46.6 Å². The van der Waals surface area contributed by atoms with E-state index in [9.17, 15) is 0 Å². The van der Waals surface area contributed by atoms with E-state index in [-0.39, 0.29) is 12.1 Å². The fourth-order valence-electron chi connectivity index (χ4n) is 9.11. The van der Waals surface area contributed by atoms with Crippen molar-refractivity contribution in [2.45, 2.75) is 12.6 Å². The number of hydrogen-bond donors (Lipinski definition) is 1. The quantitative estimate of drug-likeness (QED) is 0.187. The zero-order valence-electron chi connectivity index (χ0n) is 30.9. The van der Waals surface area contributed by atoms with Crippen LogP contribution in [0.25, 0.3) is 77.2 Å². The molecule has 12 rings (SSSR count). The van der Waals surface area contributed by atoms with Crippen molar-refractivity contribution in [2.24, 2.45) is 15.9 Å². The van der Waals surface area contributed by atoms with Crippen LogP contribution in [0.2, 0.25) is 0 Å². The number of hydrogen-bond acceptors (Lipinski definition) is 4. The lowest BCUT2D eigenvalue weighted by atomic mass is 9.95. The van der Waals surface area contributed by atoms with E-state index in [1.807, 2.05) is 11.3 Å². The van der Waals surface area contributed by atoms with Crippen LogP contribution in [-0.4, -0.2) is 27.0 Å². The highest BCUT2D eigenvalue weighted by atomic mass is 32.1. The Labute approximate surface area is 332 Å². The van der Waals surface area contributed by atoms with Crippen LogP contribution in [0.4, 0.5) is 0 Å². The number of aliphatic imine (C=N–C) groups is 2. The third kappa shape index (κ3) is 5.07. The number of rotatable bonds is 5. The molecule has 6 heteroatoms. The van der Waals surface area contributed by atoms with Crippen molar-refractivity contribution in [1.82, 2.24) is 14.5 Å². The van der Waals surface area contributed by atoms with Crippen molar-refractivity contribution in [2.75, 3.05) is 0 Å². The lowest BCUT2D eigenvalue weighted by molar-refractivity contribution is 0.504. The second-order valence-corrected chi connectivity index (χ2v) is 16.0. The maximum atomic E-state index is 5.42. The predicted molar refractivity (Wildman–Crippen MR) is 240 cm³/mol. The predicted octanol–water partition coefficient (Wildman–Crippen LogP) is 10.5. The van der Waals surface area contributed by atoms with E-state index in [1.165, 1.54) is 57.9 Å². The molecule has 0 fully saturated rings.